The van der Waals surface area contributed by atoms with Crippen molar-refractivity contribution >= 4 is 34.0 Å². The van der Waals surface area contributed by atoms with E-state index in [9.17, 15) is 14.0 Å². The largest absolute Gasteiger partial charge is 0.398 e. The van der Waals surface area contributed by atoms with Crippen LogP contribution in [0.5, 0.6) is 0 Å². The molecule has 1 aromatic heterocycles. The molecule has 0 saturated heterocycles. The Bertz CT molecular complexity index is 882. The van der Waals surface area contributed by atoms with E-state index in [1.807, 2.05) is 12.1 Å². The molecule has 130 valence electrons. The highest BCUT2D eigenvalue weighted by molar-refractivity contribution is 5.99. The predicted molar refractivity (Wildman–Crippen MR) is 93.9 cm³/mol. The van der Waals surface area contributed by atoms with Gasteiger partial charge in [0, 0.05) is 29.6 Å². The number of rotatable bonds is 3. The van der Waals surface area contributed by atoms with Crippen molar-refractivity contribution in [1.29, 1.82) is 0 Å². The molecule has 2 saturated carbocycles. The average Bonchev–Trinajstić information content (AvgIpc) is 3.20. The topological polar surface area (TPSA) is 85.1 Å². The first-order valence-corrected chi connectivity index (χ1v) is 8.61. The lowest BCUT2D eigenvalue weighted by Gasteiger charge is -2.16. The van der Waals surface area contributed by atoms with E-state index in [-0.39, 0.29) is 24.0 Å². The number of halogens is 1. The van der Waals surface area contributed by atoms with E-state index >= 15 is 0 Å². The Kier molecular flexibility index (Phi) is 3.71. The van der Waals surface area contributed by atoms with E-state index in [0.29, 0.717) is 23.8 Å². The minimum absolute atomic E-state index is 0.128. The molecular weight excluding hydrogens is 321 g/mol. The summed E-state index contributed by atoms with van der Waals surface area (Å²) in [5, 5.41) is 4.25. The number of pyridine rings is 1. The van der Waals surface area contributed by atoms with Crippen LogP contribution in [0.25, 0.3) is 10.8 Å². The summed E-state index contributed by atoms with van der Waals surface area (Å²) in [6.07, 6.45) is 2.33. The molecule has 0 aliphatic heterocycles. The first-order chi connectivity index (χ1) is 11.9. The number of hydrogen-bond acceptors (Lipinski definition) is 4. The van der Waals surface area contributed by atoms with E-state index in [2.05, 4.69) is 17.2 Å². The van der Waals surface area contributed by atoms with E-state index in [1.165, 1.54) is 0 Å². The summed E-state index contributed by atoms with van der Waals surface area (Å²) in [4.78, 5) is 28.3. The molecule has 4 atom stereocenters. The van der Waals surface area contributed by atoms with Gasteiger partial charge in [-0.1, -0.05) is 13.0 Å². The SMILES string of the molecule is CC1CCC(=O)C1c1cc(N)c2cnc(NC(=O)C3CC3F)cc2c1. The zero-order chi connectivity index (χ0) is 17.7. The third-order valence-corrected chi connectivity index (χ3v) is 5.31. The van der Waals surface area contributed by atoms with Crippen molar-refractivity contribution in [2.24, 2.45) is 11.8 Å². The monoisotopic (exact) mass is 341 g/mol. The number of Topliss-reactive ketones (excluding diaryl/α,β-unsaturated/α-hetero) is 1. The molecule has 25 heavy (non-hydrogen) atoms. The number of ketones is 1. The van der Waals surface area contributed by atoms with Gasteiger partial charge in [0.2, 0.25) is 5.91 Å². The van der Waals surface area contributed by atoms with Crippen LogP contribution in [0.3, 0.4) is 0 Å². The van der Waals surface area contributed by atoms with Crippen LogP contribution < -0.4 is 11.1 Å². The fourth-order valence-electron chi connectivity index (χ4n) is 3.74. The van der Waals surface area contributed by atoms with Crippen LogP contribution in [0.15, 0.2) is 24.4 Å². The van der Waals surface area contributed by atoms with Gasteiger partial charge in [0.1, 0.15) is 17.8 Å². The van der Waals surface area contributed by atoms with Crippen LogP contribution in [0.4, 0.5) is 15.9 Å². The molecule has 0 bridgehead atoms. The van der Waals surface area contributed by atoms with Crippen LogP contribution in [-0.4, -0.2) is 22.8 Å². The Hall–Kier alpha value is -2.50. The number of nitrogens with one attached hydrogen (secondary N) is 1. The molecule has 6 heteroatoms. The van der Waals surface area contributed by atoms with Crippen molar-refractivity contribution in [2.45, 2.75) is 38.3 Å². The summed E-state index contributed by atoms with van der Waals surface area (Å²) in [6.45, 7) is 2.08. The summed E-state index contributed by atoms with van der Waals surface area (Å²) in [5.41, 5.74) is 7.63. The lowest BCUT2D eigenvalue weighted by Crippen LogP contribution is -2.16. The number of nitrogens with two attached hydrogens (primary N) is 1. The number of amides is 1. The third-order valence-electron chi connectivity index (χ3n) is 5.31. The number of alkyl halides is 1. The van der Waals surface area contributed by atoms with Crippen molar-refractivity contribution < 1.29 is 14.0 Å². The number of nitrogen functional groups attached to an aromatic ring is 1. The van der Waals surface area contributed by atoms with Gasteiger partial charge in [-0.2, -0.15) is 0 Å². The van der Waals surface area contributed by atoms with Crippen molar-refractivity contribution in [3.63, 3.8) is 0 Å². The highest BCUT2D eigenvalue weighted by Crippen LogP contribution is 2.39. The van der Waals surface area contributed by atoms with E-state index < -0.39 is 12.1 Å². The Morgan fingerprint density at radius 2 is 2.12 bits per heavy atom. The molecule has 0 radical (unpaired) electrons. The Balaban J connectivity index is 1.68. The molecule has 1 aromatic carbocycles. The molecule has 2 fully saturated rings. The van der Waals surface area contributed by atoms with E-state index in [0.717, 1.165) is 22.8 Å². The predicted octanol–water partition coefficient (Wildman–Crippen LogP) is 3.20. The molecule has 4 unspecified atom stereocenters. The van der Waals surface area contributed by atoms with Gasteiger partial charge in [-0.05, 0) is 41.8 Å². The van der Waals surface area contributed by atoms with Gasteiger partial charge in [-0.15, -0.1) is 0 Å². The van der Waals surface area contributed by atoms with Gasteiger partial charge in [0.25, 0.3) is 0 Å². The van der Waals surface area contributed by atoms with Gasteiger partial charge in [0.15, 0.2) is 0 Å². The normalized spacial score (nSPS) is 28.3. The van der Waals surface area contributed by atoms with E-state index in [4.69, 9.17) is 5.73 Å². The summed E-state index contributed by atoms with van der Waals surface area (Å²) in [5.74, 6) is -0.122. The summed E-state index contributed by atoms with van der Waals surface area (Å²) < 4.78 is 13.0. The van der Waals surface area contributed by atoms with Crippen molar-refractivity contribution in [3.05, 3.63) is 30.0 Å². The second-order valence-corrected chi connectivity index (χ2v) is 7.21. The zero-order valence-corrected chi connectivity index (χ0v) is 14.0. The average molecular weight is 341 g/mol. The molecule has 2 aliphatic carbocycles. The van der Waals surface area contributed by atoms with Crippen molar-refractivity contribution in [1.82, 2.24) is 4.98 Å². The summed E-state index contributed by atoms with van der Waals surface area (Å²) in [7, 11) is 0. The standard InChI is InChI=1S/C19H20FN3O2/c1-9-2-3-16(24)18(9)11-4-10-6-17(22-8-13(10)15(21)5-11)23-19(25)12-7-14(12)20/h4-6,8-9,12,14,18H,2-3,7,21H2,1H3,(H,22,23,25). The number of hydrogen-bond donors (Lipinski definition) is 2. The number of nitrogens with zero attached hydrogens (tertiary/aromatic N) is 1. The van der Waals surface area contributed by atoms with Crippen LogP contribution in [0.1, 0.15) is 37.7 Å². The minimum Gasteiger partial charge on any atom is -0.398 e. The molecule has 0 spiro atoms. The molecular formula is C19H20FN3O2. The second kappa shape index (κ2) is 5.79. The fraction of sp³-hybridized carbons (Fsp3) is 0.421. The molecule has 5 nitrogen and oxygen atoms in total. The first-order valence-electron chi connectivity index (χ1n) is 8.61. The molecule has 4 rings (SSSR count). The smallest absolute Gasteiger partial charge is 0.231 e. The minimum atomic E-state index is -1.04. The lowest BCUT2D eigenvalue weighted by molar-refractivity contribution is -0.119. The van der Waals surface area contributed by atoms with Crippen molar-refractivity contribution in [2.75, 3.05) is 11.1 Å². The third kappa shape index (κ3) is 2.86. The van der Waals surface area contributed by atoms with Gasteiger partial charge >= 0.3 is 0 Å². The number of aromatic nitrogens is 1. The van der Waals surface area contributed by atoms with Crippen LogP contribution in [0, 0.1) is 11.8 Å². The fourth-order valence-corrected chi connectivity index (χ4v) is 3.74. The zero-order valence-electron chi connectivity index (χ0n) is 14.0. The molecule has 3 N–H and O–H groups in total. The summed E-state index contributed by atoms with van der Waals surface area (Å²) in [6, 6.07) is 5.53. The molecule has 1 heterocycles. The molecule has 1 amide bonds. The van der Waals surface area contributed by atoms with Crippen LogP contribution in [0.2, 0.25) is 0 Å². The highest BCUT2D eigenvalue weighted by Gasteiger charge is 2.43. The Morgan fingerprint density at radius 1 is 1.36 bits per heavy atom. The number of anilines is 2. The van der Waals surface area contributed by atoms with E-state index in [1.54, 1.807) is 12.3 Å². The maximum Gasteiger partial charge on any atom is 0.231 e. The maximum absolute atomic E-state index is 13.0. The van der Waals surface area contributed by atoms with Crippen molar-refractivity contribution in [3.8, 4) is 0 Å². The molecule has 2 aromatic rings. The second-order valence-electron chi connectivity index (χ2n) is 7.21. The van der Waals surface area contributed by atoms with Gasteiger partial charge in [-0.3, -0.25) is 9.59 Å². The Labute approximate surface area is 144 Å². The lowest BCUT2D eigenvalue weighted by atomic mass is 9.88. The summed E-state index contributed by atoms with van der Waals surface area (Å²) >= 11 is 0. The number of benzene rings is 1. The van der Waals surface area contributed by atoms with Crippen LogP contribution in [-0.2, 0) is 9.59 Å². The number of carbonyl (C=O) groups is 2. The molecule has 2 aliphatic rings. The highest BCUT2D eigenvalue weighted by atomic mass is 19.1. The number of carbonyl (C=O) groups excluding carboxylic acids is 2. The van der Waals surface area contributed by atoms with Crippen LogP contribution >= 0.6 is 0 Å². The maximum atomic E-state index is 13.0. The quantitative estimate of drug-likeness (QED) is 0.840. The van der Waals surface area contributed by atoms with Gasteiger partial charge < -0.3 is 11.1 Å². The number of fused-ring (bicyclic) bond motifs is 1. The Morgan fingerprint density at radius 3 is 2.76 bits per heavy atom. The van der Waals surface area contributed by atoms with Gasteiger partial charge in [-0.25, -0.2) is 9.37 Å². The first kappa shape index (κ1) is 16.0. The van der Waals surface area contributed by atoms with Gasteiger partial charge in [0.05, 0.1) is 5.92 Å².